The first kappa shape index (κ1) is 31.7. The maximum absolute atomic E-state index is 14.1. The summed E-state index contributed by atoms with van der Waals surface area (Å²) in [4.78, 5) is 28.8. The highest BCUT2D eigenvalue weighted by atomic mass is 32.2. The van der Waals surface area contributed by atoms with Gasteiger partial charge in [0.25, 0.3) is 10.0 Å². The molecule has 0 fully saturated rings. The molecule has 0 heterocycles. The van der Waals surface area contributed by atoms with Crippen molar-refractivity contribution < 1.29 is 22.7 Å². The molecule has 0 bridgehead atoms. The van der Waals surface area contributed by atoms with E-state index in [2.05, 4.69) is 5.32 Å². The van der Waals surface area contributed by atoms with E-state index in [-0.39, 0.29) is 23.0 Å². The Morgan fingerprint density at radius 3 is 1.95 bits per heavy atom. The van der Waals surface area contributed by atoms with Gasteiger partial charge >= 0.3 is 0 Å². The fourth-order valence-corrected chi connectivity index (χ4v) is 5.71. The molecule has 9 heteroatoms. The Morgan fingerprint density at radius 1 is 0.878 bits per heavy atom. The van der Waals surface area contributed by atoms with E-state index in [1.54, 1.807) is 31.2 Å². The first-order chi connectivity index (χ1) is 19.1. The minimum Gasteiger partial charge on any atom is -0.495 e. The van der Waals surface area contributed by atoms with Crippen LogP contribution in [0.1, 0.15) is 49.9 Å². The van der Waals surface area contributed by atoms with Gasteiger partial charge in [0.2, 0.25) is 11.8 Å². The van der Waals surface area contributed by atoms with Crippen LogP contribution in [0.3, 0.4) is 0 Å². The summed E-state index contributed by atoms with van der Waals surface area (Å²) in [5.74, 6) is -0.553. The van der Waals surface area contributed by atoms with Crippen molar-refractivity contribution in [2.45, 2.75) is 71.5 Å². The molecule has 0 saturated carbocycles. The van der Waals surface area contributed by atoms with E-state index in [0.29, 0.717) is 5.75 Å². The highest BCUT2D eigenvalue weighted by Gasteiger charge is 2.34. The first-order valence-electron chi connectivity index (χ1n) is 13.5. The molecule has 0 saturated heterocycles. The number of methoxy groups -OCH3 is 1. The van der Waals surface area contributed by atoms with Crippen molar-refractivity contribution in [3.63, 3.8) is 0 Å². The van der Waals surface area contributed by atoms with Crippen LogP contribution in [-0.4, -0.2) is 50.4 Å². The van der Waals surface area contributed by atoms with Crippen molar-refractivity contribution in [3.8, 4) is 5.75 Å². The van der Waals surface area contributed by atoms with Crippen molar-refractivity contribution in [3.05, 3.63) is 89.0 Å². The zero-order valence-corrected chi connectivity index (χ0v) is 26.0. The highest BCUT2D eigenvalue weighted by Crippen LogP contribution is 2.34. The van der Waals surface area contributed by atoms with Gasteiger partial charge in [0, 0.05) is 12.1 Å². The van der Waals surface area contributed by atoms with Gasteiger partial charge in [-0.15, -0.1) is 0 Å². The number of hydrogen-bond acceptors (Lipinski definition) is 5. The molecule has 0 aliphatic carbocycles. The van der Waals surface area contributed by atoms with Crippen LogP contribution in [-0.2, 0) is 26.2 Å². The number of nitrogens with one attached hydrogen (secondary N) is 1. The maximum atomic E-state index is 14.1. The van der Waals surface area contributed by atoms with E-state index in [1.165, 1.54) is 24.1 Å². The van der Waals surface area contributed by atoms with Crippen molar-refractivity contribution in [2.24, 2.45) is 0 Å². The van der Waals surface area contributed by atoms with Crippen LogP contribution in [0, 0.1) is 20.8 Å². The van der Waals surface area contributed by atoms with Crippen molar-refractivity contribution in [1.82, 2.24) is 10.2 Å². The largest absolute Gasteiger partial charge is 0.495 e. The second-order valence-electron chi connectivity index (χ2n) is 11.4. The molecule has 8 nitrogen and oxygen atoms in total. The third kappa shape index (κ3) is 8.10. The topological polar surface area (TPSA) is 96.0 Å². The number of carbonyl (C=O) groups excluding carboxylic acids is 2. The molecule has 1 unspecified atom stereocenters. The van der Waals surface area contributed by atoms with Crippen LogP contribution < -0.4 is 14.4 Å². The predicted octanol–water partition coefficient (Wildman–Crippen LogP) is 5.15. The molecular formula is C32H41N3O5S. The van der Waals surface area contributed by atoms with Crippen LogP contribution in [0.25, 0.3) is 0 Å². The number of ether oxygens (including phenoxy) is 1. The average Bonchev–Trinajstić information content (AvgIpc) is 2.90. The number of nitrogens with zero attached hydrogens (tertiary/aromatic N) is 2. The Labute approximate surface area is 244 Å². The highest BCUT2D eigenvalue weighted by molar-refractivity contribution is 7.92. The summed E-state index contributed by atoms with van der Waals surface area (Å²) in [5.41, 5.74) is 3.31. The van der Waals surface area contributed by atoms with E-state index >= 15 is 0 Å². The van der Waals surface area contributed by atoms with Crippen molar-refractivity contribution in [2.75, 3.05) is 18.0 Å². The molecule has 3 rings (SSSR count). The van der Waals surface area contributed by atoms with Gasteiger partial charge in [-0.2, -0.15) is 0 Å². The summed E-state index contributed by atoms with van der Waals surface area (Å²) in [6.07, 6.45) is 0. The molecule has 3 aromatic rings. The zero-order chi connectivity index (χ0) is 30.5. The molecule has 41 heavy (non-hydrogen) atoms. The van der Waals surface area contributed by atoms with E-state index in [9.17, 15) is 18.0 Å². The van der Waals surface area contributed by atoms with Gasteiger partial charge in [-0.3, -0.25) is 13.9 Å². The molecule has 0 radical (unpaired) electrons. The first-order valence-corrected chi connectivity index (χ1v) is 15.0. The number of rotatable bonds is 10. The number of aryl methyl sites for hydroxylation is 3. The molecule has 1 N–H and O–H groups in total. The van der Waals surface area contributed by atoms with Gasteiger partial charge in [0.1, 0.15) is 18.3 Å². The van der Waals surface area contributed by atoms with Crippen LogP contribution in [0.5, 0.6) is 5.75 Å². The molecule has 220 valence electrons. The molecule has 3 aromatic carbocycles. The fraction of sp³-hybridized carbons (Fsp3) is 0.375. The van der Waals surface area contributed by atoms with Gasteiger partial charge in [-0.05, 0) is 83.9 Å². The van der Waals surface area contributed by atoms with Gasteiger partial charge < -0.3 is 15.0 Å². The van der Waals surface area contributed by atoms with E-state index in [4.69, 9.17) is 4.74 Å². The maximum Gasteiger partial charge on any atom is 0.264 e. The zero-order valence-electron chi connectivity index (χ0n) is 25.2. The smallest absolute Gasteiger partial charge is 0.264 e. The molecule has 0 aliphatic rings. The monoisotopic (exact) mass is 579 g/mol. The Bertz CT molecular complexity index is 1480. The van der Waals surface area contributed by atoms with Gasteiger partial charge in [0.15, 0.2) is 0 Å². The number of carbonyl (C=O) groups is 2. The summed E-state index contributed by atoms with van der Waals surface area (Å²) < 4.78 is 34.8. The SMILES string of the molecule is COc1ccc(C)cc1N(CC(=O)N(Cc1ccc(C)cc1)C(C)C(=O)NC(C)(C)C)S(=O)(=O)c1ccc(C)cc1. The summed E-state index contributed by atoms with van der Waals surface area (Å²) in [6, 6.07) is 18.4. The van der Waals surface area contributed by atoms with Gasteiger partial charge in [-0.25, -0.2) is 8.42 Å². The Hall–Kier alpha value is -3.85. The number of hydrogen-bond donors (Lipinski definition) is 1. The average molecular weight is 580 g/mol. The molecule has 0 spiro atoms. The molecular weight excluding hydrogens is 538 g/mol. The lowest BCUT2D eigenvalue weighted by molar-refractivity contribution is -0.140. The van der Waals surface area contributed by atoms with Crippen LogP contribution in [0.2, 0.25) is 0 Å². The number of benzene rings is 3. The number of sulfonamides is 1. The number of amides is 2. The van der Waals surface area contributed by atoms with Crippen LogP contribution >= 0.6 is 0 Å². The Balaban J connectivity index is 2.10. The second kappa shape index (κ2) is 12.8. The number of anilines is 1. The molecule has 2 amide bonds. The predicted molar refractivity (Wildman–Crippen MR) is 163 cm³/mol. The fourth-order valence-electron chi connectivity index (χ4n) is 4.29. The lowest BCUT2D eigenvalue weighted by atomic mass is 10.1. The Morgan fingerprint density at radius 2 is 1.41 bits per heavy atom. The van der Waals surface area contributed by atoms with Crippen LogP contribution in [0.4, 0.5) is 5.69 Å². The minimum atomic E-state index is -4.20. The Kier molecular flexibility index (Phi) is 9.86. The molecule has 0 aromatic heterocycles. The quantitative estimate of drug-likeness (QED) is 0.359. The summed E-state index contributed by atoms with van der Waals surface area (Å²) in [6.45, 7) is 12.5. The normalized spacial score (nSPS) is 12.4. The summed E-state index contributed by atoms with van der Waals surface area (Å²) in [7, 11) is -2.74. The standard InChI is InChI=1S/C32H41N3O5S/c1-22-9-14-26(15-10-22)20-34(25(4)31(37)33-32(5,6)7)30(36)21-35(28-19-24(3)13-18-29(28)40-8)41(38,39)27-16-11-23(2)12-17-27/h9-19,25H,20-21H2,1-8H3,(H,33,37). The second-order valence-corrected chi connectivity index (χ2v) is 13.3. The van der Waals surface area contributed by atoms with Gasteiger partial charge in [-0.1, -0.05) is 53.6 Å². The van der Waals surface area contributed by atoms with Gasteiger partial charge in [0.05, 0.1) is 17.7 Å². The van der Waals surface area contributed by atoms with E-state index in [1.807, 2.05) is 71.9 Å². The molecule has 0 aliphatic heterocycles. The lowest BCUT2D eigenvalue weighted by Crippen LogP contribution is -2.54. The minimum absolute atomic E-state index is 0.0445. The third-order valence-electron chi connectivity index (χ3n) is 6.63. The lowest BCUT2D eigenvalue weighted by Gasteiger charge is -2.34. The van der Waals surface area contributed by atoms with Crippen molar-refractivity contribution >= 4 is 27.5 Å². The third-order valence-corrected chi connectivity index (χ3v) is 8.40. The summed E-state index contributed by atoms with van der Waals surface area (Å²) in [5, 5.41) is 2.94. The van der Waals surface area contributed by atoms with Crippen molar-refractivity contribution in [1.29, 1.82) is 0 Å². The van der Waals surface area contributed by atoms with E-state index in [0.717, 1.165) is 26.6 Å². The van der Waals surface area contributed by atoms with E-state index < -0.39 is 34.1 Å². The van der Waals surface area contributed by atoms with Crippen LogP contribution in [0.15, 0.2) is 71.6 Å². The molecule has 1 atom stereocenters. The summed E-state index contributed by atoms with van der Waals surface area (Å²) >= 11 is 0.